The molecule has 106 valence electrons. The smallest absolute Gasteiger partial charge is 0.218 e. The van der Waals surface area contributed by atoms with Crippen molar-refractivity contribution in [2.75, 3.05) is 19.7 Å². The second-order valence-corrected chi connectivity index (χ2v) is 7.35. The van der Waals surface area contributed by atoms with E-state index in [2.05, 4.69) is 0 Å². The molecule has 1 aliphatic heterocycles. The highest BCUT2D eigenvalue weighted by Gasteiger charge is 2.42. The lowest BCUT2D eigenvalue weighted by Crippen LogP contribution is -2.57. The molecule has 0 aromatic carbocycles. The molecule has 1 heterocycles. The van der Waals surface area contributed by atoms with Crippen LogP contribution < -0.4 is 5.73 Å². The SMILES string of the molecule is CCC(CN)S(=O)(=O)N1CCOC2CCCCC21. The molecule has 2 rings (SSSR count). The first-order valence-corrected chi connectivity index (χ1v) is 8.44. The summed E-state index contributed by atoms with van der Waals surface area (Å²) in [5, 5.41) is -0.446. The topological polar surface area (TPSA) is 72.6 Å². The molecule has 3 atom stereocenters. The van der Waals surface area contributed by atoms with E-state index in [1.165, 1.54) is 0 Å². The Morgan fingerprint density at radius 1 is 1.39 bits per heavy atom. The van der Waals surface area contributed by atoms with Gasteiger partial charge in [-0.05, 0) is 19.3 Å². The summed E-state index contributed by atoms with van der Waals surface area (Å²) in [7, 11) is -3.27. The Kier molecular flexibility index (Phi) is 4.64. The Balaban J connectivity index is 2.19. The lowest BCUT2D eigenvalue weighted by molar-refractivity contribution is -0.0588. The summed E-state index contributed by atoms with van der Waals surface area (Å²) in [5.74, 6) is 0. The van der Waals surface area contributed by atoms with Gasteiger partial charge < -0.3 is 10.5 Å². The fraction of sp³-hybridized carbons (Fsp3) is 1.00. The van der Waals surface area contributed by atoms with Crippen molar-refractivity contribution in [3.05, 3.63) is 0 Å². The Morgan fingerprint density at radius 2 is 2.11 bits per heavy atom. The minimum absolute atomic E-state index is 0.0399. The van der Waals surface area contributed by atoms with Crippen LogP contribution in [-0.4, -0.2) is 49.8 Å². The van der Waals surface area contributed by atoms with Crippen molar-refractivity contribution in [2.24, 2.45) is 5.73 Å². The van der Waals surface area contributed by atoms with Gasteiger partial charge in [0.2, 0.25) is 10.0 Å². The quantitative estimate of drug-likeness (QED) is 0.820. The molecule has 0 radical (unpaired) electrons. The van der Waals surface area contributed by atoms with E-state index >= 15 is 0 Å². The zero-order valence-corrected chi connectivity index (χ0v) is 11.9. The molecular weight excluding hydrogens is 252 g/mol. The monoisotopic (exact) mass is 276 g/mol. The molecule has 1 aliphatic carbocycles. The molecule has 0 spiro atoms. The molecule has 2 N–H and O–H groups in total. The minimum Gasteiger partial charge on any atom is -0.375 e. The molecule has 2 fully saturated rings. The van der Waals surface area contributed by atoms with Crippen LogP contribution in [0.3, 0.4) is 0 Å². The molecule has 2 aliphatic rings. The molecule has 0 amide bonds. The van der Waals surface area contributed by atoms with E-state index in [0.29, 0.717) is 19.6 Å². The normalized spacial score (nSPS) is 31.9. The van der Waals surface area contributed by atoms with E-state index in [-0.39, 0.29) is 18.7 Å². The van der Waals surface area contributed by atoms with E-state index in [0.717, 1.165) is 25.7 Å². The third kappa shape index (κ3) is 2.57. The molecule has 3 unspecified atom stereocenters. The highest BCUT2D eigenvalue weighted by Crippen LogP contribution is 2.31. The van der Waals surface area contributed by atoms with Crippen LogP contribution >= 0.6 is 0 Å². The summed E-state index contributed by atoms with van der Waals surface area (Å²) in [6.07, 6.45) is 4.81. The number of ether oxygens (including phenoxy) is 1. The van der Waals surface area contributed by atoms with Gasteiger partial charge in [-0.25, -0.2) is 8.42 Å². The molecular formula is C12H24N2O3S. The van der Waals surface area contributed by atoms with Crippen molar-refractivity contribution < 1.29 is 13.2 Å². The molecule has 1 saturated carbocycles. The predicted molar refractivity (Wildman–Crippen MR) is 70.8 cm³/mol. The van der Waals surface area contributed by atoms with Gasteiger partial charge in [-0.15, -0.1) is 0 Å². The molecule has 0 bridgehead atoms. The first-order valence-electron chi connectivity index (χ1n) is 6.93. The largest absolute Gasteiger partial charge is 0.375 e. The van der Waals surface area contributed by atoms with Crippen molar-refractivity contribution in [3.8, 4) is 0 Å². The van der Waals surface area contributed by atoms with Gasteiger partial charge in [0.05, 0.1) is 24.0 Å². The van der Waals surface area contributed by atoms with E-state index in [1.807, 2.05) is 6.92 Å². The molecule has 18 heavy (non-hydrogen) atoms. The number of fused-ring (bicyclic) bond motifs is 1. The second-order valence-electron chi connectivity index (χ2n) is 5.18. The minimum atomic E-state index is -3.27. The van der Waals surface area contributed by atoms with Gasteiger partial charge in [0, 0.05) is 13.1 Å². The lowest BCUT2D eigenvalue weighted by atomic mass is 9.91. The van der Waals surface area contributed by atoms with Crippen molar-refractivity contribution in [2.45, 2.75) is 56.4 Å². The van der Waals surface area contributed by atoms with Crippen LogP contribution in [0.2, 0.25) is 0 Å². The number of rotatable bonds is 4. The lowest BCUT2D eigenvalue weighted by Gasteiger charge is -2.43. The van der Waals surface area contributed by atoms with E-state index in [9.17, 15) is 8.42 Å². The van der Waals surface area contributed by atoms with Crippen LogP contribution in [0.5, 0.6) is 0 Å². The molecule has 6 heteroatoms. The molecule has 0 aromatic heterocycles. The Labute approximate surface area is 110 Å². The first kappa shape index (κ1) is 14.2. The standard InChI is InChI=1S/C12H24N2O3S/c1-2-10(9-13)18(15,16)14-7-8-17-12-6-4-3-5-11(12)14/h10-12H,2-9,13H2,1H3. The van der Waals surface area contributed by atoms with E-state index in [4.69, 9.17) is 10.5 Å². The van der Waals surface area contributed by atoms with Crippen LogP contribution in [0, 0.1) is 0 Å². The van der Waals surface area contributed by atoms with Crippen LogP contribution in [0.15, 0.2) is 0 Å². The maximum absolute atomic E-state index is 12.6. The van der Waals surface area contributed by atoms with Crippen LogP contribution in [0.25, 0.3) is 0 Å². The van der Waals surface area contributed by atoms with Crippen molar-refractivity contribution in [1.82, 2.24) is 4.31 Å². The van der Waals surface area contributed by atoms with Gasteiger partial charge in [0.1, 0.15) is 0 Å². The number of hydrogen-bond acceptors (Lipinski definition) is 4. The average molecular weight is 276 g/mol. The summed E-state index contributed by atoms with van der Waals surface area (Å²) in [4.78, 5) is 0. The van der Waals surface area contributed by atoms with Gasteiger partial charge in [0.25, 0.3) is 0 Å². The van der Waals surface area contributed by atoms with Gasteiger partial charge >= 0.3 is 0 Å². The maximum Gasteiger partial charge on any atom is 0.218 e. The summed E-state index contributed by atoms with van der Waals surface area (Å²) >= 11 is 0. The second kappa shape index (κ2) is 5.86. The van der Waals surface area contributed by atoms with Crippen LogP contribution in [0.1, 0.15) is 39.0 Å². The van der Waals surface area contributed by atoms with Gasteiger partial charge in [0.15, 0.2) is 0 Å². The van der Waals surface area contributed by atoms with E-state index in [1.54, 1.807) is 4.31 Å². The highest BCUT2D eigenvalue weighted by molar-refractivity contribution is 7.89. The fourth-order valence-electron chi connectivity index (χ4n) is 3.07. The summed E-state index contributed by atoms with van der Waals surface area (Å²) in [6, 6.07) is 0.0399. The Bertz CT molecular complexity index is 366. The Morgan fingerprint density at radius 3 is 2.78 bits per heavy atom. The van der Waals surface area contributed by atoms with Gasteiger partial charge in [-0.2, -0.15) is 4.31 Å². The highest BCUT2D eigenvalue weighted by atomic mass is 32.2. The predicted octanol–water partition coefficient (Wildman–Crippen LogP) is 0.697. The number of hydrogen-bond donors (Lipinski definition) is 1. The summed E-state index contributed by atoms with van der Waals surface area (Å²) < 4.78 is 32.6. The van der Waals surface area contributed by atoms with Crippen molar-refractivity contribution in [3.63, 3.8) is 0 Å². The third-order valence-corrected chi connectivity index (χ3v) is 6.62. The van der Waals surface area contributed by atoms with Crippen LogP contribution in [-0.2, 0) is 14.8 Å². The van der Waals surface area contributed by atoms with Crippen molar-refractivity contribution in [1.29, 1.82) is 0 Å². The maximum atomic E-state index is 12.6. The summed E-state index contributed by atoms with van der Waals surface area (Å²) in [6.45, 7) is 3.09. The number of sulfonamides is 1. The van der Waals surface area contributed by atoms with E-state index < -0.39 is 15.3 Å². The fourth-order valence-corrected chi connectivity index (χ4v) is 5.06. The zero-order valence-electron chi connectivity index (χ0n) is 11.0. The number of nitrogens with zero attached hydrogens (tertiary/aromatic N) is 1. The molecule has 1 saturated heterocycles. The molecule has 0 aromatic rings. The first-order chi connectivity index (χ1) is 8.61. The number of nitrogens with two attached hydrogens (primary N) is 1. The summed E-state index contributed by atoms with van der Waals surface area (Å²) in [5.41, 5.74) is 5.61. The molecule has 5 nitrogen and oxygen atoms in total. The Hall–Kier alpha value is -0.170. The third-order valence-electron chi connectivity index (χ3n) is 4.15. The van der Waals surface area contributed by atoms with Gasteiger partial charge in [-0.3, -0.25) is 0 Å². The zero-order chi connectivity index (χ0) is 13.2. The van der Waals surface area contributed by atoms with Crippen molar-refractivity contribution >= 4 is 10.0 Å². The van der Waals surface area contributed by atoms with Crippen LogP contribution in [0.4, 0.5) is 0 Å². The van der Waals surface area contributed by atoms with Gasteiger partial charge in [-0.1, -0.05) is 19.8 Å². The average Bonchev–Trinajstić information content (AvgIpc) is 2.39. The number of morpholine rings is 1.